The molecule has 1 atom stereocenters. The van der Waals surface area contributed by atoms with Gasteiger partial charge in [0.15, 0.2) is 0 Å². The number of rotatable bonds is 5. The number of nitrogens with zero attached hydrogens (tertiary/aromatic N) is 1. The molecule has 0 spiro atoms. The lowest BCUT2D eigenvalue weighted by Gasteiger charge is -2.18. The predicted molar refractivity (Wildman–Crippen MR) is 117 cm³/mol. The maximum Gasteiger partial charge on any atom is 0.328 e. The number of esters is 1. The fraction of sp³-hybridized carbons (Fsp3) is 0.160. The normalized spacial score (nSPS) is 11.9. The standard InChI is InChI=1S/C25H22N2O3/c1-16-8-7-9-17(14-16)15-22(25(29)30-2)27-24(28)23-18-10-3-5-12-20(18)26-21-13-6-4-11-19(21)23/h3-14,22H,15H2,1-2H3,(H,27,28)/t22-/m0/s1. The second-order valence-corrected chi connectivity index (χ2v) is 7.26. The minimum absolute atomic E-state index is 0.326. The summed E-state index contributed by atoms with van der Waals surface area (Å²) in [5.41, 5.74) is 4.02. The van der Waals surface area contributed by atoms with Gasteiger partial charge in [0.1, 0.15) is 6.04 Å². The third-order valence-corrected chi connectivity index (χ3v) is 5.13. The number of pyridine rings is 1. The van der Waals surface area contributed by atoms with Crippen LogP contribution < -0.4 is 5.32 Å². The molecule has 0 unspecified atom stereocenters. The number of hydrogen-bond acceptors (Lipinski definition) is 4. The number of aromatic nitrogens is 1. The zero-order valence-electron chi connectivity index (χ0n) is 16.9. The Labute approximate surface area is 174 Å². The number of amides is 1. The molecule has 4 rings (SSSR count). The van der Waals surface area contributed by atoms with Crippen molar-refractivity contribution in [2.24, 2.45) is 0 Å². The van der Waals surface area contributed by atoms with Gasteiger partial charge in [-0.15, -0.1) is 0 Å². The molecular formula is C25H22N2O3. The van der Waals surface area contributed by atoms with Crippen LogP contribution >= 0.6 is 0 Å². The molecule has 150 valence electrons. The average Bonchev–Trinajstić information content (AvgIpc) is 2.76. The lowest BCUT2D eigenvalue weighted by molar-refractivity contribution is -0.142. The molecule has 30 heavy (non-hydrogen) atoms. The van der Waals surface area contributed by atoms with Crippen LogP contribution in [0.4, 0.5) is 0 Å². The van der Waals surface area contributed by atoms with E-state index in [4.69, 9.17) is 4.74 Å². The summed E-state index contributed by atoms with van der Waals surface area (Å²) >= 11 is 0. The van der Waals surface area contributed by atoms with Gasteiger partial charge in [0.2, 0.25) is 0 Å². The molecule has 4 aromatic rings. The Morgan fingerprint density at radius 1 is 0.933 bits per heavy atom. The number of para-hydroxylation sites is 2. The monoisotopic (exact) mass is 398 g/mol. The van der Waals surface area contributed by atoms with Gasteiger partial charge >= 0.3 is 5.97 Å². The molecule has 0 saturated heterocycles. The summed E-state index contributed by atoms with van der Waals surface area (Å²) in [4.78, 5) is 30.5. The smallest absolute Gasteiger partial charge is 0.328 e. The van der Waals surface area contributed by atoms with E-state index in [1.165, 1.54) is 7.11 Å². The number of aryl methyl sites for hydroxylation is 1. The van der Waals surface area contributed by atoms with Gasteiger partial charge in [-0.05, 0) is 24.6 Å². The highest BCUT2D eigenvalue weighted by Gasteiger charge is 2.25. The van der Waals surface area contributed by atoms with E-state index in [0.717, 1.165) is 32.9 Å². The van der Waals surface area contributed by atoms with E-state index in [-0.39, 0.29) is 5.91 Å². The predicted octanol–water partition coefficient (Wildman–Crippen LogP) is 4.21. The first-order chi connectivity index (χ1) is 14.6. The average molecular weight is 398 g/mol. The molecule has 0 radical (unpaired) electrons. The Hall–Kier alpha value is -3.73. The van der Waals surface area contributed by atoms with Gasteiger partial charge in [0.05, 0.1) is 23.7 Å². The number of fused-ring (bicyclic) bond motifs is 2. The zero-order chi connectivity index (χ0) is 21.1. The van der Waals surface area contributed by atoms with Crippen molar-refractivity contribution in [3.05, 3.63) is 89.5 Å². The van der Waals surface area contributed by atoms with Crippen LogP contribution in [0.1, 0.15) is 21.5 Å². The van der Waals surface area contributed by atoms with Gasteiger partial charge in [-0.3, -0.25) is 4.79 Å². The third kappa shape index (κ3) is 3.87. The summed E-state index contributed by atoms with van der Waals surface area (Å²) in [6.07, 6.45) is 0.348. The quantitative estimate of drug-likeness (QED) is 0.404. The van der Waals surface area contributed by atoms with E-state index in [2.05, 4.69) is 10.3 Å². The third-order valence-electron chi connectivity index (χ3n) is 5.13. The summed E-state index contributed by atoms with van der Waals surface area (Å²) in [7, 11) is 1.33. The van der Waals surface area contributed by atoms with E-state index in [1.807, 2.05) is 79.7 Å². The van der Waals surface area contributed by atoms with Crippen LogP contribution in [0.5, 0.6) is 0 Å². The van der Waals surface area contributed by atoms with Gasteiger partial charge in [-0.2, -0.15) is 0 Å². The summed E-state index contributed by atoms with van der Waals surface area (Å²) in [6, 6.07) is 22.1. The second-order valence-electron chi connectivity index (χ2n) is 7.26. The maximum atomic E-state index is 13.4. The van der Waals surface area contributed by atoms with Crippen LogP contribution in [0.2, 0.25) is 0 Å². The van der Waals surface area contributed by atoms with Crippen LogP contribution in [-0.4, -0.2) is 30.0 Å². The van der Waals surface area contributed by atoms with E-state index in [0.29, 0.717) is 12.0 Å². The molecule has 3 aromatic carbocycles. The minimum atomic E-state index is -0.796. The van der Waals surface area contributed by atoms with Crippen LogP contribution in [-0.2, 0) is 16.0 Å². The Morgan fingerprint density at radius 3 is 2.17 bits per heavy atom. The topological polar surface area (TPSA) is 68.3 Å². The molecule has 1 heterocycles. The van der Waals surface area contributed by atoms with E-state index >= 15 is 0 Å². The van der Waals surface area contributed by atoms with Crippen molar-refractivity contribution in [3.63, 3.8) is 0 Å². The van der Waals surface area contributed by atoms with Crippen LogP contribution in [0.25, 0.3) is 21.8 Å². The Bertz CT molecular complexity index is 1200. The van der Waals surface area contributed by atoms with Gasteiger partial charge in [-0.1, -0.05) is 66.2 Å². The van der Waals surface area contributed by atoms with Crippen molar-refractivity contribution in [1.82, 2.24) is 10.3 Å². The Morgan fingerprint density at radius 2 is 1.57 bits per heavy atom. The van der Waals surface area contributed by atoms with Gasteiger partial charge in [0, 0.05) is 17.2 Å². The summed E-state index contributed by atoms with van der Waals surface area (Å²) in [6.45, 7) is 1.99. The highest BCUT2D eigenvalue weighted by Crippen LogP contribution is 2.26. The molecule has 5 nitrogen and oxygen atoms in total. The van der Waals surface area contributed by atoms with Crippen molar-refractivity contribution in [3.8, 4) is 0 Å². The fourth-order valence-electron chi connectivity index (χ4n) is 3.73. The second kappa shape index (κ2) is 8.33. The van der Waals surface area contributed by atoms with E-state index < -0.39 is 12.0 Å². The first kappa shape index (κ1) is 19.6. The van der Waals surface area contributed by atoms with Crippen LogP contribution in [0.3, 0.4) is 0 Å². The van der Waals surface area contributed by atoms with Crippen molar-refractivity contribution in [2.75, 3.05) is 7.11 Å². The molecule has 5 heteroatoms. The number of methoxy groups -OCH3 is 1. The molecule has 0 bridgehead atoms. The van der Waals surface area contributed by atoms with E-state index in [9.17, 15) is 9.59 Å². The SMILES string of the molecule is COC(=O)[C@H](Cc1cccc(C)c1)NC(=O)c1c2ccccc2nc2ccccc12. The Balaban J connectivity index is 1.75. The molecule has 1 aromatic heterocycles. The Kier molecular flexibility index (Phi) is 5.44. The summed E-state index contributed by atoms with van der Waals surface area (Å²) in [5, 5.41) is 4.38. The molecule has 1 N–H and O–H groups in total. The first-order valence-corrected chi connectivity index (χ1v) is 9.78. The van der Waals surface area contributed by atoms with Crippen molar-refractivity contribution < 1.29 is 14.3 Å². The van der Waals surface area contributed by atoms with Gasteiger partial charge in [0.25, 0.3) is 5.91 Å². The van der Waals surface area contributed by atoms with Crippen LogP contribution in [0.15, 0.2) is 72.8 Å². The van der Waals surface area contributed by atoms with Crippen molar-refractivity contribution >= 4 is 33.7 Å². The van der Waals surface area contributed by atoms with Crippen molar-refractivity contribution in [2.45, 2.75) is 19.4 Å². The maximum absolute atomic E-state index is 13.4. The fourth-order valence-corrected chi connectivity index (χ4v) is 3.73. The van der Waals surface area contributed by atoms with E-state index in [1.54, 1.807) is 0 Å². The zero-order valence-corrected chi connectivity index (χ0v) is 16.9. The number of carbonyl (C=O) groups is 2. The number of benzene rings is 3. The lowest BCUT2D eigenvalue weighted by atomic mass is 10.00. The molecule has 0 aliphatic heterocycles. The number of hydrogen-bond donors (Lipinski definition) is 1. The highest BCUT2D eigenvalue weighted by atomic mass is 16.5. The van der Waals surface area contributed by atoms with Crippen LogP contribution in [0, 0.1) is 6.92 Å². The molecule has 0 fully saturated rings. The van der Waals surface area contributed by atoms with Gasteiger partial charge < -0.3 is 10.1 Å². The molecule has 0 saturated carbocycles. The minimum Gasteiger partial charge on any atom is -0.467 e. The highest BCUT2D eigenvalue weighted by molar-refractivity contribution is 6.16. The largest absolute Gasteiger partial charge is 0.467 e. The molecular weight excluding hydrogens is 376 g/mol. The number of ether oxygens (including phenoxy) is 1. The van der Waals surface area contributed by atoms with Crippen molar-refractivity contribution in [1.29, 1.82) is 0 Å². The summed E-state index contributed by atoms with van der Waals surface area (Å²) < 4.78 is 4.96. The molecule has 0 aliphatic rings. The number of carbonyl (C=O) groups excluding carboxylic acids is 2. The first-order valence-electron chi connectivity index (χ1n) is 9.78. The lowest BCUT2D eigenvalue weighted by Crippen LogP contribution is -2.43. The molecule has 0 aliphatic carbocycles. The molecule has 1 amide bonds. The van der Waals surface area contributed by atoms with Gasteiger partial charge in [-0.25, -0.2) is 9.78 Å². The number of nitrogens with one attached hydrogen (secondary N) is 1. The summed E-state index contributed by atoms with van der Waals surface area (Å²) in [5.74, 6) is -0.805.